The summed E-state index contributed by atoms with van der Waals surface area (Å²) in [6.07, 6.45) is 4.88. The minimum atomic E-state index is -0.634. The average Bonchev–Trinajstić information content (AvgIpc) is 3.24. The highest BCUT2D eigenvalue weighted by Crippen LogP contribution is 2.62. The van der Waals surface area contributed by atoms with Crippen molar-refractivity contribution in [3.05, 3.63) is 23.2 Å². The molecule has 5 unspecified atom stereocenters. The number of nitrogens with two attached hydrogens (primary N) is 1. The quantitative estimate of drug-likeness (QED) is 0.434. The first-order valence-corrected chi connectivity index (χ1v) is 13.2. The maximum atomic E-state index is 13.5. The molecule has 34 heavy (non-hydrogen) atoms. The largest absolute Gasteiger partial charge is 0.396 e. The van der Waals surface area contributed by atoms with Gasteiger partial charge in [-0.05, 0) is 43.4 Å². The van der Waals surface area contributed by atoms with E-state index in [9.17, 15) is 19.8 Å². The molecule has 2 heterocycles. The fourth-order valence-corrected chi connectivity index (χ4v) is 7.67. The normalized spacial score (nSPS) is 33.6. The number of thiazole rings is 1. The lowest BCUT2D eigenvalue weighted by atomic mass is 9.47. The number of rotatable bonds is 7. The van der Waals surface area contributed by atoms with E-state index in [0.29, 0.717) is 45.3 Å². The molecule has 1 aromatic heterocycles. The molecule has 1 aliphatic heterocycles. The van der Waals surface area contributed by atoms with E-state index in [4.69, 9.17) is 10.7 Å². The summed E-state index contributed by atoms with van der Waals surface area (Å²) in [5, 5.41) is 25.4. The van der Waals surface area contributed by atoms with Gasteiger partial charge >= 0.3 is 0 Å². The number of amides is 2. The first-order valence-electron chi connectivity index (χ1n) is 12.3. The lowest BCUT2D eigenvalue weighted by molar-refractivity contribution is -0.148. The lowest BCUT2D eigenvalue weighted by Crippen LogP contribution is -2.58. The zero-order chi connectivity index (χ0) is 24.7. The molecule has 2 aliphatic carbocycles. The number of hydrogen-bond donors (Lipinski definition) is 4. The number of aromatic nitrogens is 1. The number of nitrogens with zero attached hydrogens (tertiary/aromatic N) is 2. The van der Waals surface area contributed by atoms with Crippen molar-refractivity contribution in [2.75, 3.05) is 31.6 Å². The zero-order valence-corrected chi connectivity index (χ0v) is 21.1. The number of likely N-dealkylation sites (tertiary alicyclic amines) is 1. The van der Waals surface area contributed by atoms with Gasteiger partial charge in [0.2, 0.25) is 11.8 Å². The fourth-order valence-electron chi connectivity index (χ4n) is 6.60. The van der Waals surface area contributed by atoms with Crippen LogP contribution in [0.15, 0.2) is 12.7 Å². The highest BCUT2D eigenvalue weighted by Gasteiger charge is 2.59. The Balaban J connectivity index is 1.65. The van der Waals surface area contributed by atoms with Crippen LogP contribution in [0.4, 0.5) is 5.13 Å². The van der Waals surface area contributed by atoms with Gasteiger partial charge in [-0.1, -0.05) is 19.9 Å². The molecule has 9 heteroatoms. The SMILES string of the molecule is C=CCNc1nc2c(s1)CC1C(C)(CO)C(O)CCC1(C)C2CC(=O)N1CCC(C(N)=O)CC1. The number of aliphatic hydroxyl groups is 2. The van der Waals surface area contributed by atoms with Crippen molar-refractivity contribution in [3.8, 4) is 0 Å². The van der Waals surface area contributed by atoms with Crippen LogP contribution in [0.5, 0.6) is 0 Å². The smallest absolute Gasteiger partial charge is 0.223 e. The van der Waals surface area contributed by atoms with Crippen LogP contribution in [0, 0.1) is 22.7 Å². The first-order chi connectivity index (χ1) is 16.1. The van der Waals surface area contributed by atoms with Crippen LogP contribution in [0.3, 0.4) is 0 Å². The number of primary amides is 1. The summed E-state index contributed by atoms with van der Waals surface area (Å²) in [4.78, 5) is 33.0. The highest BCUT2D eigenvalue weighted by molar-refractivity contribution is 7.15. The Morgan fingerprint density at radius 2 is 2.03 bits per heavy atom. The third-order valence-corrected chi connectivity index (χ3v) is 9.97. The molecule has 1 saturated carbocycles. The predicted molar refractivity (Wildman–Crippen MR) is 132 cm³/mol. The van der Waals surface area contributed by atoms with Gasteiger partial charge in [-0.25, -0.2) is 4.98 Å². The maximum absolute atomic E-state index is 13.5. The van der Waals surface area contributed by atoms with Crippen LogP contribution in [-0.4, -0.2) is 64.3 Å². The Kier molecular flexibility index (Phi) is 7.09. The van der Waals surface area contributed by atoms with Gasteiger partial charge in [0.25, 0.3) is 0 Å². The summed E-state index contributed by atoms with van der Waals surface area (Å²) in [6.45, 7) is 9.57. The Morgan fingerprint density at radius 3 is 2.65 bits per heavy atom. The molecular weight excluding hydrogens is 452 g/mol. The van der Waals surface area contributed by atoms with Crippen LogP contribution in [0.2, 0.25) is 0 Å². The van der Waals surface area contributed by atoms with E-state index >= 15 is 0 Å². The monoisotopic (exact) mass is 490 g/mol. The topological polar surface area (TPSA) is 129 Å². The van der Waals surface area contributed by atoms with Gasteiger partial charge in [0, 0.05) is 48.2 Å². The number of piperidine rings is 1. The number of carbonyl (C=O) groups is 2. The van der Waals surface area contributed by atoms with E-state index in [1.165, 1.54) is 0 Å². The lowest BCUT2D eigenvalue weighted by Gasteiger charge is -2.58. The molecule has 1 saturated heterocycles. The molecule has 4 rings (SSSR count). The molecule has 5 atom stereocenters. The number of nitrogens with one attached hydrogen (secondary N) is 1. The summed E-state index contributed by atoms with van der Waals surface area (Å²) in [5.74, 6) is -0.435. The van der Waals surface area contributed by atoms with Crippen molar-refractivity contribution < 1.29 is 19.8 Å². The summed E-state index contributed by atoms with van der Waals surface area (Å²) >= 11 is 1.60. The molecule has 0 radical (unpaired) electrons. The van der Waals surface area contributed by atoms with Crippen molar-refractivity contribution >= 4 is 28.3 Å². The molecule has 2 fully saturated rings. The van der Waals surface area contributed by atoms with E-state index in [2.05, 4.69) is 18.8 Å². The summed E-state index contributed by atoms with van der Waals surface area (Å²) in [6, 6.07) is 0. The Labute approximate surface area is 205 Å². The zero-order valence-electron chi connectivity index (χ0n) is 20.3. The molecule has 2 amide bonds. The molecule has 1 aromatic rings. The van der Waals surface area contributed by atoms with E-state index in [1.54, 1.807) is 17.4 Å². The average molecular weight is 491 g/mol. The minimum absolute atomic E-state index is 0.0346. The minimum Gasteiger partial charge on any atom is -0.396 e. The standard InChI is InChI=1S/C25H38N4O4S/c1-4-9-27-23-28-21-16(12-20(32)29-10-6-15(7-11-29)22(26)33)24(2)8-5-19(31)25(3,14-30)18(24)13-17(21)34-23/h4,15-16,18-19,30-31H,1,5-14H2,2-3H3,(H2,26,33)(H,27,28). The van der Waals surface area contributed by atoms with Gasteiger partial charge in [-0.3, -0.25) is 9.59 Å². The molecule has 3 aliphatic rings. The van der Waals surface area contributed by atoms with Gasteiger partial charge in [-0.15, -0.1) is 17.9 Å². The number of aliphatic hydroxyl groups excluding tert-OH is 2. The fraction of sp³-hybridized carbons (Fsp3) is 0.720. The molecular formula is C25H38N4O4S. The highest BCUT2D eigenvalue weighted by atomic mass is 32.1. The summed E-state index contributed by atoms with van der Waals surface area (Å²) in [7, 11) is 0. The van der Waals surface area contributed by atoms with E-state index in [-0.39, 0.29) is 41.6 Å². The summed E-state index contributed by atoms with van der Waals surface area (Å²) < 4.78 is 0. The second-order valence-corrected chi connectivity index (χ2v) is 11.9. The Morgan fingerprint density at radius 1 is 1.32 bits per heavy atom. The van der Waals surface area contributed by atoms with Gasteiger partial charge < -0.3 is 26.2 Å². The number of anilines is 1. The Hall–Kier alpha value is -1.97. The van der Waals surface area contributed by atoms with Crippen LogP contribution in [0.1, 0.15) is 62.4 Å². The van der Waals surface area contributed by atoms with E-state index in [1.807, 2.05) is 11.8 Å². The van der Waals surface area contributed by atoms with E-state index in [0.717, 1.165) is 28.5 Å². The van der Waals surface area contributed by atoms with Crippen molar-refractivity contribution in [2.45, 2.75) is 64.4 Å². The molecule has 8 nitrogen and oxygen atoms in total. The first kappa shape index (κ1) is 25.1. The molecule has 0 spiro atoms. The summed E-state index contributed by atoms with van der Waals surface area (Å²) in [5.41, 5.74) is 5.54. The van der Waals surface area contributed by atoms with Crippen LogP contribution >= 0.6 is 11.3 Å². The molecule has 0 bridgehead atoms. The van der Waals surface area contributed by atoms with Gasteiger partial charge in [0.15, 0.2) is 5.13 Å². The van der Waals surface area contributed by atoms with Gasteiger partial charge in [-0.2, -0.15) is 0 Å². The number of carbonyl (C=O) groups excluding carboxylic acids is 2. The van der Waals surface area contributed by atoms with Crippen LogP contribution in [-0.2, 0) is 16.0 Å². The number of fused-ring (bicyclic) bond motifs is 2. The maximum Gasteiger partial charge on any atom is 0.223 e. The molecule has 5 N–H and O–H groups in total. The number of hydrogen-bond acceptors (Lipinski definition) is 7. The molecule has 188 valence electrons. The van der Waals surface area contributed by atoms with Crippen molar-refractivity contribution in [1.29, 1.82) is 0 Å². The van der Waals surface area contributed by atoms with Crippen molar-refractivity contribution in [3.63, 3.8) is 0 Å². The third kappa shape index (κ3) is 4.27. The van der Waals surface area contributed by atoms with Crippen LogP contribution < -0.4 is 11.1 Å². The van der Waals surface area contributed by atoms with Crippen LogP contribution in [0.25, 0.3) is 0 Å². The second-order valence-electron chi connectivity index (χ2n) is 10.8. The predicted octanol–water partition coefficient (Wildman–Crippen LogP) is 2.27. The van der Waals surface area contributed by atoms with Gasteiger partial charge in [0.05, 0.1) is 18.4 Å². The molecule has 0 aromatic carbocycles. The van der Waals surface area contributed by atoms with Crippen molar-refractivity contribution in [1.82, 2.24) is 9.88 Å². The van der Waals surface area contributed by atoms with Gasteiger partial charge in [0.1, 0.15) is 0 Å². The van der Waals surface area contributed by atoms with Crippen molar-refractivity contribution in [2.24, 2.45) is 28.4 Å². The van der Waals surface area contributed by atoms with E-state index < -0.39 is 11.5 Å². The Bertz CT molecular complexity index is 943. The second kappa shape index (κ2) is 9.59. The third-order valence-electron chi connectivity index (χ3n) is 8.92.